The van der Waals surface area contributed by atoms with E-state index in [0.29, 0.717) is 31.6 Å². The van der Waals surface area contributed by atoms with Crippen molar-refractivity contribution in [2.24, 2.45) is 5.16 Å². The van der Waals surface area contributed by atoms with Gasteiger partial charge in [-0.2, -0.15) is 13.2 Å². The number of hydrogen-bond acceptors (Lipinski definition) is 6. The van der Waals surface area contributed by atoms with E-state index in [2.05, 4.69) is 15.1 Å². The molecule has 29 heavy (non-hydrogen) atoms. The third kappa shape index (κ3) is 7.52. The minimum absolute atomic E-state index is 0.163. The van der Waals surface area contributed by atoms with E-state index in [4.69, 9.17) is 9.57 Å². The lowest BCUT2D eigenvalue weighted by atomic mass is 10.0. The highest BCUT2D eigenvalue weighted by Gasteiger charge is 2.31. The van der Waals surface area contributed by atoms with Gasteiger partial charge in [-0.25, -0.2) is 0 Å². The molecule has 0 amide bonds. The first-order valence-electron chi connectivity index (χ1n) is 9.21. The molecule has 9 heteroatoms. The van der Waals surface area contributed by atoms with Gasteiger partial charge >= 0.3 is 12.1 Å². The normalized spacial score (nSPS) is 11.9. The molecule has 0 bridgehead atoms. The van der Waals surface area contributed by atoms with Crippen LogP contribution in [0.3, 0.4) is 0 Å². The monoisotopic (exact) mass is 409 g/mol. The van der Waals surface area contributed by atoms with E-state index in [-0.39, 0.29) is 23.9 Å². The second-order valence-electron chi connectivity index (χ2n) is 6.06. The molecule has 1 aromatic heterocycles. The van der Waals surface area contributed by atoms with Crippen LogP contribution in [0.4, 0.5) is 13.2 Å². The molecule has 0 saturated heterocycles. The molecule has 0 saturated carbocycles. The van der Waals surface area contributed by atoms with Crippen molar-refractivity contribution in [1.29, 1.82) is 0 Å². The quantitative estimate of drug-likeness (QED) is 0.252. The van der Waals surface area contributed by atoms with Gasteiger partial charge in [0.25, 0.3) is 0 Å². The number of rotatable bonds is 10. The summed E-state index contributed by atoms with van der Waals surface area (Å²) in [5, 5.41) is 4.00. The maximum Gasteiger partial charge on any atom is 0.416 e. The van der Waals surface area contributed by atoms with E-state index in [1.807, 2.05) is 0 Å². The van der Waals surface area contributed by atoms with Crippen LogP contribution in [0, 0.1) is 0 Å². The number of benzene rings is 1. The number of aromatic nitrogens is 2. The molecule has 1 aromatic carbocycles. The summed E-state index contributed by atoms with van der Waals surface area (Å²) in [5.74, 6) is -0.235. The van der Waals surface area contributed by atoms with Gasteiger partial charge in [0, 0.05) is 24.4 Å². The van der Waals surface area contributed by atoms with E-state index in [9.17, 15) is 18.0 Å². The van der Waals surface area contributed by atoms with Crippen molar-refractivity contribution in [3.63, 3.8) is 0 Å². The predicted molar refractivity (Wildman–Crippen MR) is 100 cm³/mol. The third-order valence-corrected chi connectivity index (χ3v) is 3.85. The molecule has 0 radical (unpaired) electrons. The highest BCUT2D eigenvalue weighted by molar-refractivity contribution is 6.11. The molecule has 156 valence electrons. The maximum atomic E-state index is 13.0. The van der Waals surface area contributed by atoms with Gasteiger partial charge in [0.15, 0.2) is 0 Å². The topological polar surface area (TPSA) is 73.7 Å². The number of hydrogen-bond donors (Lipinski definition) is 0. The molecule has 0 N–H and O–H groups in total. The third-order valence-electron chi connectivity index (χ3n) is 3.85. The standard InChI is InChI=1S/C20H22F3N3O3/c1-2-28-18(27)9-4-3-5-12-29-26-19(17-14-24-10-11-25-17)15-7-6-8-16(13-15)20(21,22)23/h6-8,10-11,13-14H,2-5,9,12H2,1H3/b26-19+. The number of ether oxygens (including phenoxy) is 1. The van der Waals surface area contributed by atoms with Crippen molar-refractivity contribution in [1.82, 2.24) is 9.97 Å². The van der Waals surface area contributed by atoms with Crippen LogP contribution >= 0.6 is 0 Å². The Hall–Kier alpha value is -2.97. The van der Waals surface area contributed by atoms with Gasteiger partial charge in [-0.15, -0.1) is 0 Å². The smallest absolute Gasteiger partial charge is 0.416 e. The molecule has 1 heterocycles. The number of carbonyl (C=O) groups excluding carboxylic acids is 1. The Morgan fingerprint density at radius 1 is 1.17 bits per heavy atom. The SMILES string of the molecule is CCOC(=O)CCCCCO/N=C(\c1cccc(C(F)(F)F)c1)c1cnccn1. The highest BCUT2D eigenvalue weighted by atomic mass is 19.4. The van der Waals surface area contributed by atoms with Crippen LogP contribution in [0.2, 0.25) is 0 Å². The van der Waals surface area contributed by atoms with Crippen molar-refractivity contribution >= 4 is 11.7 Å². The van der Waals surface area contributed by atoms with Gasteiger partial charge in [-0.05, 0) is 38.3 Å². The average molecular weight is 409 g/mol. The Balaban J connectivity index is 2.02. The Bertz CT molecular complexity index is 811. The fourth-order valence-electron chi connectivity index (χ4n) is 2.47. The second-order valence-corrected chi connectivity index (χ2v) is 6.06. The van der Waals surface area contributed by atoms with Gasteiger partial charge in [0.2, 0.25) is 0 Å². The number of carbonyl (C=O) groups is 1. The summed E-state index contributed by atoms with van der Waals surface area (Å²) in [7, 11) is 0. The van der Waals surface area contributed by atoms with Gasteiger partial charge < -0.3 is 9.57 Å². The highest BCUT2D eigenvalue weighted by Crippen LogP contribution is 2.30. The molecule has 0 spiro atoms. The maximum absolute atomic E-state index is 13.0. The van der Waals surface area contributed by atoms with Crippen LogP contribution in [0.5, 0.6) is 0 Å². The first-order chi connectivity index (χ1) is 13.9. The largest absolute Gasteiger partial charge is 0.466 e. The molecule has 2 rings (SSSR count). The van der Waals surface area contributed by atoms with Gasteiger partial charge in [0.1, 0.15) is 18.0 Å². The van der Waals surface area contributed by atoms with E-state index in [1.54, 1.807) is 6.92 Å². The van der Waals surface area contributed by atoms with Crippen molar-refractivity contribution in [3.05, 3.63) is 59.7 Å². The Morgan fingerprint density at radius 2 is 2.00 bits per heavy atom. The summed E-state index contributed by atoms with van der Waals surface area (Å²) in [4.78, 5) is 24.6. The average Bonchev–Trinajstić information content (AvgIpc) is 2.70. The fraction of sp³-hybridized carbons (Fsp3) is 0.400. The van der Waals surface area contributed by atoms with Crippen LogP contribution in [0.25, 0.3) is 0 Å². The molecule has 0 fully saturated rings. The lowest BCUT2D eigenvalue weighted by molar-refractivity contribution is -0.143. The lowest BCUT2D eigenvalue weighted by Crippen LogP contribution is -2.11. The van der Waals surface area contributed by atoms with Crippen molar-refractivity contribution < 1.29 is 27.5 Å². The van der Waals surface area contributed by atoms with E-state index in [1.165, 1.54) is 30.7 Å². The van der Waals surface area contributed by atoms with Gasteiger partial charge in [-0.3, -0.25) is 14.8 Å². The zero-order chi connectivity index (χ0) is 21.1. The molecule has 0 aliphatic rings. The van der Waals surface area contributed by atoms with Crippen LogP contribution < -0.4 is 0 Å². The molecule has 0 aliphatic carbocycles. The van der Waals surface area contributed by atoms with Crippen LogP contribution in [-0.2, 0) is 20.5 Å². The first-order valence-corrected chi connectivity index (χ1v) is 9.21. The number of alkyl halides is 3. The summed E-state index contributed by atoms with van der Waals surface area (Å²) in [6, 6.07) is 4.79. The molecular formula is C20H22F3N3O3. The van der Waals surface area contributed by atoms with Crippen molar-refractivity contribution in [2.45, 2.75) is 38.8 Å². The van der Waals surface area contributed by atoms with Gasteiger partial charge in [0.05, 0.1) is 18.4 Å². The molecule has 6 nitrogen and oxygen atoms in total. The van der Waals surface area contributed by atoms with Crippen molar-refractivity contribution in [2.75, 3.05) is 13.2 Å². The summed E-state index contributed by atoms with van der Waals surface area (Å²) >= 11 is 0. The zero-order valence-corrected chi connectivity index (χ0v) is 16.0. The van der Waals surface area contributed by atoms with Crippen molar-refractivity contribution in [3.8, 4) is 0 Å². The van der Waals surface area contributed by atoms with Crippen LogP contribution in [0.1, 0.15) is 49.4 Å². The van der Waals surface area contributed by atoms with E-state index >= 15 is 0 Å². The summed E-state index contributed by atoms with van der Waals surface area (Å²) in [5.41, 5.74) is -0.0990. The number of halogens is 3. The molecule has 0 atom stereocenters. The Kier molecular flexibility index (Phi) is 8.57. The minimum atomic E-state index is -4.47. The van der Waals surface area contributed by atoms with E-state index in [0.717, 1.165) is 18.6 Å². The number of esters is 1. The molecule has 0 unspecified atom stereocenters. The number of unbranched alkanes of at least 4 members (excludes halogenated alkanes) is 2. The summed E-state index contributed by atoms with van der Waals surface area (Å²) in [6.45, 7) is 2.37. The van der Waals surface area contributed by atoms with E-state index < -0.39 is 11.7 Å². The first kappa shape index (κ1) is 22.3. The Labute approximate surface area is 166 Å². The predicted octanol–water partition coefficient (Wildman–Crippen LogP) is 4.39. The van der Waals surface area contributed by atoms with Crippen LogP contribution in [0.15, 0.2) is 48.0 Å². The lowest BCUT2D eigenvalue weighted by Gasteiger charge is -2.10. The zero-order valence-electron chi connectivity index (χ0n) is 16.0. The number of nitrogens with zero attached hydrogens (tertiary/aromatic N) is 3. The van der Waals surface area contributed by atoms with Gasteiger partial charge in [-0.1, -0.05) is 17.3 Å². The molecule has 0 aliphatic heterocycles. The summed E-state index contributed by atoms with van der Waals surface area (Å²) in [6.07, 6.45) is 2.19. The summed E-state index contributed by atoms with van der Waals surface area (Å²) < 4.78 is 43.9. The molecule has 2 aromatic rings. The second kappa shape index (κ2) is 11.1. The minimum Gasteiger partial charge on any atom is -0.466 e. The fourth-order valence-corrected chi connectivity index (χ4v) is 2.47. The Morgan fingerprint density at radius 3 is 2.69 bits per heavy atom. The number of oxime groups is 1. The molecular weight excluding hydrogens is 387 g/mol. The van der Waals surface area contributed by atoms with Crippen LogP contribution in [-0.4, -0.2) is 34.9 Å².